The van der Waals surface area contributed by atoms with Crippen molar-refractivity contribution in [2.45, 2.75) is 32.1 Å². The van der Waals surface area contributed by atoms with Crippen LogP contribution in [0.3, 0.4) is 0 Å². The first-order valence-corrected chi connectivity index (χ1v) is 7.44. The van der Waals surface area contributed by atoms with E-state index in [1.807, 2.05) is 12.1 Å². The first kappa shape index (κ1) is 14.7. The zero-order valence-electron chi connectivity index (χ0n) is 12.3. The number of nitrogens with two attached hydrogens (primary N) is 1. The molecule has 1 fully saturated rings. The highest BCUT2D eigenvalue weighted by molar-refractivity contribution is 5.77. The first-order valence-electron chi connectivity index (χ1n) is 7.44. The van der Waals surface area contributed by atoms with Crippen LogP contribution in [0.2, 0.25) is 0 Å². The number of ether oxygens (including phenoxy) is 1. The lowest BCUT2D eigenvalue weighted by molar-refractivity contribution is 0.326. The fourth-order valence-electron chi connectivity index (χ4n) is 2.26. The molecule has 4 nitrogen and oxygen atoms in total. The normalized spacial score (nSPS) is 15.8. The van der Waals surface area contributed by atoms with Gasteiger partial charge < -0.3 is 15.8 Å². The van der Waals surface area contributed by atoms with Gasteiger partial charge in [0, 0.05) is 13.1 Å². The topological polar surface area (TPSA) is 59.6 Å². The van der Waals surface area contributed by atoms with E-state index < -0.39 is 0 Å². The summed E-state index contributed by atoms with van der Waals surface area (Å²) in [6.45, 7) is 1.75. The monoisotopic (exact) mass is 275 g/mol. The Morgan fingerprint density at radius 1 is 1.35 bits per heavy atom. The highest BCUT2D eigenvalue weighted by Crippen LogP contribution is 2.26. The molecular weight excluding hydrogens is 250 g/mol. The predicted octanol–water partition coefficient (Wildman–Crippen LogP) is 2.33. The molecule has 0 aliphatic heterocycles. The second kappa shape index (κ2) is 7.78. The van der Waals surface area contributed by atoms with Gasteiger partial charge in [-0.25, -0.2) is 0 Å². The lowest BCUT2D eigenvalue weighted by atomic mass is 9.86. The molecule has 0 saturated heterocycles. The minimum absolute atomic E-state index is 0.589. The van der Waals surface area contributed by atoms with E-state index in [1.165, 1.54) is 24.8 Å². The van der Waals surface area contributed by atoms with E-state index in [-0.39, 0.29) is 0 Å². The third kappa shape index (κ3) is 4.76. The Hall–Kier alpha value is -1.71. The molecule has 0 radical (unpaired) electrons. The van der Waals surface area contributed by atoms with Crippen molar-refractivity contribution in [2.24, 2.45) is 16.6 Å². The third-order valence-corrected chi connectivity index (χ3v) is 3.85. The Bertz CT molecular complexity index is 424. The van der Waals surface area contributed by atoms with Gasteiger partial charge in [-0.1, -0.05) is 18.6 Å². The van der Waals surface area contributed by atoms with Gasteiger partial charge in [-0.15, -0.1) is 0 Å². The number of rotatable bonds is 7. The number of nitrogens with one attached hydrogen (secondary N) is 1. The maximum absolute atomic E-state index is 5.84. The van der Waals surface area contributed by atoms with Crippen LogP contribution in [0.5, 0.6) is 5.75 Å². The predicted molar refractivity (Wildman–Crippen MR) is 83.1 cm³/mol. The molecule has 0 unspecified atom stereocenters. The molecule has 0 spiro atoms. The van der Waals surface area contributed by atoms with Gasteiger partial charge >= 0.3 is 0 Å². The van der Waals surface area contributed by atoms with Gasteiger partial charge in [0.1, 0.15) is 5.75 Å². The van der Waals surface area contributed by atoms with Crippen molar-refractivity contribution in [1.82, 2.24) is 5.32 Å². The molecule has 20 heavy (non-hydrogen) atoms. The number of methoxy groups -OCH3 is 1. The fourth-order valence-corrected chi connectivity index (χ4v) is 2.26. The summed E-state index contributed by atoms with van der Waals surface area (Å²) in [6, 6.07) is 8.20. The molecule has 0 bridgehead atoms. The molecule has 1 saturated carbocycles. The third-order valence-electron chi connectivity index (χ3n) is 3.85. The number of hydrogen-bond acceptors (Lipinski definition) is 2. The Balaban J connectivity index is 1.60. The van der Waals surface area contributed by atoms with E-state index in [4.69, 9.17) is 10.5 Å². The molecule has 2 rings (SSSR count). The lowest BCUT2D eigenvalue weighted by Crippen LogP contribution is -2.33. The second-order valence-corrected chi connectivity index (χ2v) is 5.40. The van der Waals surface area contributed by atoms with Crippen molar-refractivity contribution < 1.29 is 4.74 Å². The molecule has 0 aromatic heterocycles. The van der Waals surface area contributed by atoms with Gasteiger partial charge in [-0.05, 0) is 49.3 Å². The number of aryl methyl sites for hydroxylation is 1. The molecule has 0 amide bonds. The van der Waals surface area contributed by atoms with Gasteiger partial charge in [0.15, 0.2) is 5.96 Å². The number of nitrogens with zero attached hydrogens (tertiary/aromatic N) is 1. The maximum atomic E-state index is 5.84. The Morgan fingerprint density at radius 2 is 2.10 bits per heavy atom. The standard InChI is InChI=1S/C16H25N3O/c1-20-15-9-7-13(8-10-15)6-3-11-18-16(17)19-12-14-4-2-5-14/h7-10,14H,2-6,11-12H2,1H3,(H3,17,18,19). The van der Waals surface area contributed by atoms with Crippen molar-refractivity contribution in [2.75, 3.05) is 20.2 Å². The number of hydrogen-bond donors (Lipinski definition) is 2. The van der Waals surface area contributed by atoms with Crippen molar-refractivity contribution in [3.63, 3.8) is 0 Å². The Kier molecular flexibility index (Phi) is 5.71. The van der Waals surface area contributed by atoms with Crippen LogP contribution in [0.15, 0.2) is 29.3 Å². The Morgan fingerprint density at radius 3 is 2.70 bits per heavy atom. The molecule has 1 aromatic rings. The van der Waals surface area contributed by atoms with Crippen molar-refractivity contribution >= 4 is 5.96 Å². The van der Waals surface area contributed by atoms with E-state index in [2.05, 4.69) is 22.4 Å². The van der Waals surface area contributed by atoms with Gasteiger partial charge in [0.25, 0.3) is 0 Å². The van der Waals surface area contributed by atoms with Crippen LogP contribution in [0.1, 0.15) is 31.2 Å². The summed E-state index contributed by atoms with van der Waals surface area (Å²) >= 11 is 0. The van der Waals surface area contributed by atoms with Crippen LogP contribution in [-0.2, 0) is 6.42 Å². The van der Waals surface area contributed by atoms with Crippen molar-refractivity contribution in [3.05, 3.63) is 29.8 Å². The molecule has 1 aliphatic carbocycles. The van der Waals surface area contributed by atoms with Crippen molar-refractivity contribution in [1.29, 1.82) is 0 Å². The molecule has 4 heteroatoms. The molecule has 0 heterocycles. The van der Waals surface area contributed by atoms with Gasteiger partial charge in [0.05, 0.1) is 7.11 Å². The van der Waals surface area contributed by atoms with Crippen LogP contribution in [-0.4, -0.2) is 26.2 Å². The van der Waals surface area contributed by atoms with E-state index in [0.717, 1.165) is 37.6 Å². The smallest absolute Gasteiger partial charge is 0.188 e. The summed E-state index contributed by atoms with van der Waals surface area (Å²) in [5, 5.41) is 3.18. The summed E-state index contributed by atoms with van der Waals surface area (Å²) in [5.74, 6) is 2.26. The largest absolute Gasteiger partial charge is 0.497 e. The molecule has 1 aromatic carbocycles. The number of benzene rings is 1. The summed E-state index contributed by atoms with van der Waals surface area (Å²) < 4.78 is 5.14. The minimum atomic E-state index is 0.589. The van der Waals surface area contributed by atoms with Crippen LogP contribution in [0, 0.1) is 5.92 Å². The van der Waals surface area contributed by atoms with Crippen LogP contribution in [0.25, 0.3) is 0 Å². The summed E-state index contributed by atoms with van der Waals surface area (Å²) in [7, 11) is 1.69. The average molecular weight is 275 g/mol. The average Bonchev–Trinajstić information content (AvgIpc) is 2.42. The molecule has 3 N–H and O–H groups in total. The SMILES string of the molecule is COc1ccc(CCCNC(N)=NCC2CCC2)cc1. The summed E-state index contributed by atoms with van der Waals surface area (Å²) in [4.78, 5) is 4.38. The minimum Gasteiger partial charge on any atom is -0.497 e. The van der Waals surface area contributed by atoms with Crippen molar-refractivity contribution in [3.8, 4) is 5.75 Å². The zero-order valence-corrected chi connectivity index (χ0v) is 12.3. The summed E-state index contributed by atoms with van der Waals surface area (Å²) in [5.41, 5.74) is 7.16. The molecular formula is C16H25N3O. The van der Waals surface area contributed by atoms with Crippen LogP contribution in [0.4, 0.5) is 0 Å². The highest BCUT2D eigenvalue weighted by atomic mass is 16.5. The number of guanidine groups is 1. The maximum Gasteiger partial charge on any atom is 0.188 e. The number of aliphatic imine (C=N–C) groups is 1. The quantitative estimate of drug-likeness (QED) is 0.456. The lowest BCUT2D eigenvalue weighted by Gasteiger charge is -2.23. The highest BCUT2D eigenvalue weighted by Gasteiger charge is 2.16. The zero-order chi connectivity index (χ0) is 14.2. The van der Waals surface area contributed by atoms with Crippen LogP contribution >= 0.6 is 0 Å². The van der Waals surface area contributed by atoms with E-state index in [1.54, 1.807) is 7.11 Å². The van der Waals surface area contributed by atoms with E-state index in [9.17, 15) is 0 Å². The Labute approximate surface area is 121 Å². The molecule has 0 atom stereocenters. The molecule has 1 aliphatic rings. The summed E-state index contributed by atoms with van der Waals surface area (Å²) in [6.07, 6.45) is 6.07. The second-order valence-electron chi connectivity index (χ2n) is 5.40. The fraction of sp³-hybridized carbons (Fsp3) is 0.562. The first-order chi connectivity index (χ1) is 9.78. The van der Waals surface area contributed by atoms with Gasteiger partial charge in [0.2, 0.25) is 0 Å². The molecule has 110 valence electrons. The van der Waals surface area contributed by atoms with Gasteiger partial charge in [-0.2, -0.15) is 0 Å². The van der Waals surface area contributed by atoms with E-state index >= 15 is 0 Å². The van der Waals surface area contributed by atoms with Gasteiger partial charge in [-0.3, -0.25) is 4.99 Å². The van der Waals surface area contributed by atoms with E-state index in [0.29, 0.717) is 5.96 Å². The van der Waals surface area contributed by atoms with Crippen LogP contribution < -0.4 is 15.8 Å².